The van der Waals surface area contributed by atoms with E-state index in [4.69, 9.17) is 5.84 Å². The van der Waals surface area contributed by atoms with E-state index in [9.17, 15) is 4.79 Å². The normalized spacial score (nSPS) is 10.1. The third kappa shape index (κ3) is 3.07. The Bertz CT molecular complexity index is 600. The molecule has 1 heterocycles. The van der Waals surface area contributed by atoms with Crippen LogP contribution in [0.3, 0.4) is 0 Å². The largest absolute Gasteiger partial charge is 0.319 e. The van der Waals surface area contributed by atoms with Crippen LogP contribution in [-0.2, 0) is 0 Å². The van der Waals surface area contributed by atoms with E-state index < -0.39 is 0 Å². The minimum absolute atomic E-state index is 0.212. The van der Waals surface area contributed by atoms with Crippen LogP contribution in [0.15, 0.2) is 35.1 Å². The average molecular weight is 322 g/mol. The lowest BCUT2D eigenvalue weighted by molar-refractivity contribution is 0.102. The summed E-state index contributed by atoms with van der Waals surface area (Å²) in [4.78, 5) is 19.9. The summed E-state index contributed by atoms with van der Waals surface area (Å²) in [6.45, 7) is 1.87. The van der Waals surface area contributed by atoms with E-state index in [0.717, 1.165) is 10.0 Å². The van der Waals surface area contributed by atoms with Gasteiger partial charge in [0, 0.05) is 10.0 Å². The molecule has 0 aliphatic heterocycles. The number of nitrogens with two attached hydrogens (primary N) is 1. The van der Waals surface area contributed by atoms with Gasteiger partial charge in [0.2, 0.25) is 5.95 Å². The Labute approximate surface area is 118 Å². The fourth-order valence-electron chi connectivity index (χ4n) is 1.52. The van der Waals surface area contributed by atoms with E-state index in [1.165, 1.54) is 12.4 Å². The summed E-state index contributed by atoms with van der Waals surface area (Å²) in [5.74, 6) is 5.24. The van der Waals surface area contributed by atoms with Gasteiger partial charge in [-0.25, -0.2) is 15.8 Å². The van der Waals surface area contributed by atoms with Crippen molar-refractivity contribution in [1.82, 2.24) is 9.97 Å². The Morgan fingerprint density at radius 1 is 1.32 bits per heavy atom. The number of hydrazine groups is 1. The van der Waals surface area contributed by atoms with Gasteiger partial charge in [0.15, 0.2) is 0 Å². The lowest BCUT2D eigenvalue weighted by Crippen LogP contribution is -2.15. The maximum atomic E-state index is 12.1. The van der Waals surface area contributed by atoms with Gasteiger partial charge in [-0.15, -0.1) is 0 Å². The first-order valence-electron chi connectivity index (χ1n) is 5.47. The first-order chi connectivity index (χ1) is 9.11. The maximum Gasteiger partial charge on any atom is 0.256 e. The van der Waals surface area contributed by atoms with Crippen LogP contribution in [0, 0.1) is 6.92 Å². The molecule has 1 aromatic carbocycles. The predicted molar refractivity (Wildman–Crippen MR) is 76.7 cm³/mol. The number of hydrogen-bond acceptors (Lipinski definition) is 5. The molecule has 0 bridgehead atoms. The number of nitrogen functional groups attached to an aromatic ring is 1. The highest BCUT2D eigenvalue weighted by Crippen LogP contribution is 2.20. The summed E-state index contributed by atoms with van der Waals surface area (Å²) >= 11 is 3.39. The summed E-state index contributed by atoms with van der Waals surface area (Å²) in [7, 11) is 0. The number of hydrogen-bond donors (Lipinski definition) is 3. The van der Waals surface area contributed by atoms with Crippen LogP contribution in [0.25, 0.3) is 0 Å². The molecule has 2 rings (SSSR count). The zero-order valence-electron chi connectivity index (χ0n) is 10.1. The SMILES string of the molecule is Cc1c(Br)cccc1C(=O)Nc1cnc(NN)nc1. The molecule has 6 nitrogen and oxygen atoms in total. The van der Waals surface area contributed by atoms with Crippen LogP contribution < -0.4 is 16.6 Å². The fraction of sp³-hybridized carbons (Fsp3) is 0.0833. The van der Waals surface area contributed by atoms with Gasteiger partial charge < -0.3 is 5.32 Å². The summed E-state index contributed by atoms with van der Waals surface area (Å²) in [5, 5.41) is 2.72. The van der Waals surface area contributed by atoms with Gasteiger partial charge >= 0.3 is 0 Å². The molecular formula is C12H12BrN5O. The van der Waals surface area contributed by atoms with Crippen molar-refractivity contribution in [2.24, 2.45) is 5.84 Å². The Kier molecular flexibility index (Phi) is 4.08. The monoisotopic (exact) mass is 321 g/mol. The first-order valence-corrected chi connectivity index (χ1v) is 6.26. The van der Waals surface area contributed by atoms with Crippen LogP contribution in [0.1, 0.15) is 15.9 Å². The summed E-state index contributed by atoms with van der Waals surface area (Å²) in [6.07, 6.45) is 2.96. The van der Waals surface area contributed by atoms with Crippen molar-refractivity contribution in [3.8, 4) is 0 Å². The minimum Gasteiger partial charge on any atom is -0.319 e. The zero-order valence-corrected chi connectivity index (χ0v) is 11.7. The number of aromatic nitrogens is 2. The molecule has 0 spiro atoms. The second-order valence-electron chi connectivity index (χ2n) is 3.81. The highest BCUT2D eigenvalue weighted by molar-refractivity contribution is 9.10. The number of halogens is 1. The van der Waals surface area contributed by atoms with E-state index in [-0.39, 0.29) is 11.9 Å². The summed E-state index contributed by atoms with van der Waals surface area (Å²) < 4.78 is 0.888. The molecule has 98 valence electrons. The van der Waals surface area contributed by atoms with Gasteiger partial charge in [-0.05, 0) is 24.6 Å². The van der Waals surface area contributed by atoms with Gasteiger partial charge in [0.1, 0.15) is 0 Å². The molecule has 0 atom stereocenters. The standard InChI is InChI=1S/C12H12BrN5O/c1-7-9(3-2-4-10(7)13)11(19)17-8-5-15-12(18-14)16-6-8/h2-6H,14H2,1H3,(H,17,19)(H,15,16,18). The van der Waals surface area contributed by atoms with Gasteiger partial charge in [0.25, 0.3) is 5.91 Å². The Balaban J connectivity index is 2.18. The number of nitrogens with zero attached hydrogens (tertiary/aromatic N) is 2. The first kappa shape index (κ1) is 13.4. The number of rotatable bonds is 3. The molecule has 7 heteroatoms. The van der Waals surface area contributed by atoms with Crippen LogP contribution in [0.2, 0.25) is 0 Å². The molecule has 4 N–H and O–H groups in total. The topological polar surface area (TPSA) is 92.9 Å². The third-order valence-corrected chi connectivity index (χ3v) is 3.41. The quantitative estimate of drug-likeness (QED) is 0.594. The molecule has 1 amide bonds. The van der Waals surface area contributed by atoms with Gasteiger partial charge in [0.05, 0.1) is 18.1 Å². The number of benzene rings is 1. The molecular weight excluding hydrogens is 310 g/mol. The molecule has 0 saturated heterocycles. The number of anilines is 2. The Hall–Kier alpha value is -1.99. The molecule has 0 aliphatic rings. The highest BCUT2D eigenvalue weighted by atomic mass is 79.9. The van der Waals surface area contributed by atoms with Crippen molar-refractivity contribution in [3.63, 3.8) is 0 Å². The zero-order chi connectivity index (χ0) is 13.8. The molecule has 0 saturated carbocycles. The van der Waals surface area contributed by atoms with E-state index in [0.29, 0.717) is 11.3 Å². The van der Waals surface area contributed by atoms with Gasteiger partial charge in [-0.3, -0.25) is 10.2 Å². The van der Waals surface area contributed by atoms with Crippen LogP contribution in [0.5, 0.6) is 0 Å². The number of carbonyl (C=O) groups excluding carboxylic acids is 1. The molecule has 0 fully saturated rings. The average Bonchev–Trinajstić information content (AvgIpc) is 2.42. The molecule has 0 unspecified atom stereocenters. The maximum absolute atomic E-state index is 12.1. The van der Waals surface area contributed by atoms with Crippen molar-refractivity contribution >= 4 is 33.5 Å². The second kappa shape index (κ2) is 5.77. The van der Waals surface area contributed by atoms with Crippen molar-refractivity contribution in [1.29, 1.82) is 0 Å². The molecule has 0 radical (unpaired) electrons. The summed E-state index contributed by atoms with van der Waals surface area (Å²) in [6, 6.07) is 5.45. The van der Waals surface area contributed by atoms with Crippen molar-refractivity contribution in [2.75, 3.05) is 10.7 Å². The van der Waals surface area contributed by atoms with Crippen molar-refractivity contribution in [3.05, 3.63) is 46.2 Å². The Morgan fingerprint density at radius 3 is 2.63 bits per heavy atom. The van der Waals surface area contributed by atoms with E-state index in [2.05, 4.69) is 36.6 Å². The fourth-order valence-corrected chi connectivity index (χ4v) is 1.89. The second-order valence-corrected chi connectivity index (χ2v) is 4.66. The van der Waals surface area contributed by atoms with Crippen molar-refractivity contribution in [2.45, 2.75) is 6.92 Å². The number of carbonyl (C=O) groups is 1. The molecule has 2 aromatic rings. The van der Waals surface area contributed by atoms with Crippen molar-refractivity contribution < 1.29 is 4.79 Å². The van der Waals surface area contributed by atoms with Crippen LogP contribution in [0.4, 0.5) is 11.6 Å². The smallest absolute Gasteiger partial charge is 0.256 e. The number of amides is 1. The van der Waals surface area contributed by atoms with E-state index in [1.807, 2.05) is 19.1 Å². The van der Waals surface area contributed by atoms with Crippen LogP contribution in [-0.4, -0.2) is 15.9 Å². The predicted octanol–water partition coefficient (Wildman–Crippen LogP) is 2.09. The van der Waals surface area contributed by atoms with Gasteiger partial charge in [-0.2, -0.15) is 0 Å². The van der Waals surface area contributed by atoms with Gasteiger partial charge in [-0.1, -0.05) is 22.0 Å². The lowest BCUT2D eigenvalue weighted by Gasteiger charge is -2.08. The highest BCUT2D eigenvalue weighted by Gasteiger charge is 2.11. The summed E-state index contributed by atoms with van der Waals surface area (Å²) in [5.41, 5.74) is 4.29. The van der Waals surface area contributed by atoms with E-state index >= 15 is 0 Å². The van der Waals surface area contributed by atoms with Crippen LogP contribution >= 0.6 is 15.9 Å². The Morgan fingerprint density at radius 2 is 2.00 bits per heavy atom. The third-order valence-electron chi connectivity index (χ3n) is 2.55. The minimum atomic E-state index is -0.212. The number of nitrogens with one attached hydrogen (secondary N) is 2. The lowest BCUT2D eigenvalue weighted by atomic mass is 10.1. The molecule has 0 aliphatic carbocycles. The molecule has 1 aromatic heterocycles. The van der Waals surface area contributed by atoms with E-state index in [1.54, 1.807) is 6.07 Å². The molecule has 19 heavy (non-hydrogen) atoms.